The fourth-order valence-electron chi connectivity index (χ4n) is 2.24. The molecule has 6 nitrogen and oxygen atoms in total. The largest absolute Gasteiger partial charge is 0.478 e. The van der Waals surface area contributed by atoms with E-state index in [-0.39, 0.29) is 10.5 Å². The van der Waals surface area contributed by atoms with E-state index in [1.54, 1.807) is 13.8 Å². The SMILES string of the molecule is CCc1cc(NS(=O)(=O)c2cc(C)oc2C)ccc1C(=O)O. The average molecular weight is 323 g/mol. The maximum Gasteiger partial charge on any atom is 0.335 e. The first-order chi connectivity index (χ1) is 10.2. The first-order valence-electron chi connectivity index (χ1n) is 6.70. The molecule has 2 rings (SSSR count). The van der Waals surface area contributed by atoms with Gasteiger partial charge in [0.1, 0.15) is 16.4 Å². The zero-order valence-corrected chi connectivity index (χ0v) is 13.3. The number of nitrogens with one attached hydrogen (secondary N) is 1. The van der Waals surface area contributed by atoms with Gasteiger partial charge in [-0.05, 0) is 44.0 Å². The number of carboxylic acids is 1. The van der Waals surface area contributed by atoms with Crippen LogP contribution in [-0.4, -0.2) is 19.5 Å². The lowest BCUT2D eigenvalue weighted by atomic mass is 10.0. The summed E-state index contributed by atoms with van der Waals surface area (Å²) in [6.07, 6.45) is 0.487. The van der Waals surface area contributed by atoms with Crippen molar-refractivity contribution in [1.82, 2.24) is 0 Å². The lowest BCUT2D eigenvalue weighted by Crippen LogP contribution is -2.14. The van der Waals surface area contributed by atoms with Gasteiger partial charge in [-0.1, -0.05) is 6.92 Å². The van der Waals surface area contributed by atoms with Gasteiger partial charge in [0.05, 0.1) is 5.56 Å². The third-order valence-electron chi connectivity index (χ3n) is 3.25. The van der Waals surface area contributed by atoms with Gasteiger partial charge in [0.25, 0.3) is 10.0 Å². The summed E-state index contributed by atoms with van der Waals surface area (Å²) in [5.74, 6) is -0.219. The zero-order valence-electron chi connectivity index (χ0n) is 12.5. The van der Waals surface area contributed by atoms with Gasteiger partial charge in [-0.25, -0.2) is 13.2 Å². The Morgan fingerprint density at radius 1 is 1.27 bits per heavy atom. The van der Waals surface area contributed by atoms with Gasteiger partial charge in [0.2, 0.25) is 0 Å². The molecule has 2 N–H and O–H groups in total. The number of furan rings is 1. The Labute approximate surface area is 128 Å². The molecular weight excluding hydrogens is 306 g/mol. The second kappa shape index (κ2) is 5.84. The van der Waals surface area contributed by atoms with Crippen LogP contribution in [0.2, 0.25) is 0 Å². The third-order valence-corrected chi connectivity index (χ3v) is 4.74. The van der Waals surface area contributed by atoms with E-state index in [4.69, 9.17) is 9.52 Å². The Morgan fingerprint density at radius 2 is 1.95 bits per heavy atom. The molecule has 0 radical (unpaired) electrons. The minimum absolute atomic E-state index is 0.0744. The van der Waals surface area contributed by atoms with Crippen molar-refractivity contribution in [1.29, 1.82) is 0 Å². The van der Waals surface area contributed by atoms with E-state index in [1.807, 2.05) is 6.92 Å². The molecule has 22 heavy (non-hydrogen) atoms. The molecule has 0 atom stereocenters. The van der Waals surface area contributed by atoms with Crippen molar-refractivity contribution >= 4 is 21.7 Å². The summed E-state index contributed by atoms with van der Waals surface area (Å²) in [6, 6.07) is 5.81. The van der Waals surface area contributed by atoms with Crippen LogP contribution in [-0.2, 0) is 16.4 Å². The van der Waals surface area contributed by atoms with Gasteiger partial charge in [-0.2, -0.15) is 0 Å². The van der Waals surface area contributed by atoms with Crippen LogP contribution < -0.4 is 4.72 Å². The van der Waals surface area contributed by atoms with Crippen molar-refractivity contribution in [3.63, 3.8) is 0 Å². The van der Waals surface area contributed by atoms with Crippen molar-refractivity contribution in [3.8, 4) is 0 Å². The normalized spacial score (nSPS) is 11.4. The summed E-state index contributed by atoms with van der Waals surface area (Å²) in [6.45, 7) is 5.05. The summed E-state index contributed by atoms with van der Waals surface area (Å²) in [5.41, 5.74) is 1.05. The topological polar surface area (TPSA) is 96.6 Å². The fourth-order valence-corrected chi connectivity index (χ4v) is 3.53. The minimum atomic E-state index is -3.77. The summed E-state index contributed by atoms with van der Waals surface area (Å²) in [4.78, 5) is 11.2. The van der Waals surface area contributed by atoms with E-state index in [0.717, 1.165) is 0 Å². The number of aromatic carboxylic acids is 1. The number of benzene rings is 1. The van der Waals surface area contributed by atoms with E-state index in [2.05, 4.69) is 4.72 Å². The van der Waals surface area contributed by atoms with Crippen LogP contribution in [0.5, 0.6) is 0 Å². The van der Waals surface area contributed by atoms with Crippen LogP contribution in [0, 0.1) is 13.8 Å². The van der Waals surface area contributed by atoms with E-state index < -0.39 is 16.0 Å². The van der Waals surface area contributed by atoms with E-state index >= 15 is 0 Å². The fraction of sp³-hybridized carbons (Fsp3) is 0.267. The second-order valence-corrected chi connectivity index (χ2v) is 6.56. The zero-order chi connectivity index (χ0) is 16.5. The number of anilines is 1. The van der Waals surface area contributed by atoms with E-state index in [1.165, 1.54) is 24.3 Å². The number of carboxylic acid groups (broad SMARTS) is 1. The first kappa shape index (κ1) is 16.1. The molecule has 0 aliphatic carbocycles. The van der Waals surface area contributed by atoms with Crippen LogP contribution in [0.25, 0.3) is 0 Å². The quantitative estimate of drug-likeness (QED) is 0.881. The van der Waals surface area contributed by atoms with Crippen LogP contribution in [0.1, 0.15) is 34.4 Å². The Balaban J connectivity index is 2.38. The summed E-state index contributed by atoms with van der Waals surface area (Å²) < 4.78 is 32.4. The lowest BCUT2D eigenvalue weighted by molar-refractivity contribution is 0.0695. The van der Waals surface area contributed by atoms with Gasteiger partial charge in [-0.15, -0.1) is 0 Å². The molecule has 1 heterocycles. The minimum Gasteiger partial charge on any atom is -0.478 e. The van der Waals surface area contributed by atoms with Crippen molar-refractivity contribution in [2.75, 3.05) is 4.72 Å². The summed E-state index contributed by atoms with van der Waals surface area (Å²) in [7, 11) is -3.77. The molecule has 0 aliphatic heterocycles. The molecule has 0 saturated carbocycles. The highest BCUT2D eigenvalue weighted by Gasteiger charge is 2.21. The molecule has 0 bridgehead atoms. The highest BCUT2D eigenvalue weighted by Crippen LogP contribution is 2.24. The van der Waals surface area contributed by atoms with Crippen molar-refractivity contribution in [2.24, 2.45) is 0 Å². The molecule has 2 aromatic rings. The Bertz CT molecular complexity index is 820. The van der Waals surface area contributed by atoms with Crippen LogP contribution in [0.4, 0.5) is 5.69 Å². The predicted molar refractivity (Wildman–Crippen MR) is 81.8 cm³/mol. The van der Waals surface area contributed by atoms with Gasteiger partial charge in [0, 0.05) is 11.8 Å². The first-order valence-corrected chi connectivity index (χ1v) is 8.19. The van der Waals surface area contributed by atoms with Gasteiger partial charge in [-0.3, -0.25) is 4.72 Å². The molecular formula is C15H17NO5S. The van der Waals surface area contributed by atoms with Gasteiger partial charge >= 0.3 is 5.97 Å². The molecule has 0 amide bonds. The number of sulfonamides is 1. The molecule has 0 unspecified atom stereocenters. The Hall–Kier alpha value is -2.28. The summed E-state index contributed by atoms with van der Waals surface area (Å²) in [5, 5.41) is 9.09. The molecule has 0 saturated heterocycles. The predicted octanol–water partition coefficient (Wildman–Crippen LogP) is 2.96. The number of hydrogen-bond acceptors (Lipinski definition) is 4. The smallest absolute Gasteiger partial charge is 0.335 e. The molecule has 118 valence electrons. The van der Waals surface area contributed by atoms with Crippen molar-refractivity contribution in [3.05, 3.63) is 46.9 Å². The molecule has 1 aromatic heterocycles. The maximum absolute atomic E-state index is 12.4. The third kappa shape index (κ3) is 3.14. The van der Waals surface area contributed by atoms with Crippen molar-refractivity contribution in [2.45, 2.75) is 32.1 Å². The lowest BCUT2D eigenvalue weighted by Gasteiger charge is -2.10. The number of carbonyl (C=O) groups is 1. The average Bonchev–Trinajstić information content (AvgIpc) is 2.77. The van der Waals surface area contributed by atoms with Crippen LogP contribution >= 0.6 is 0 Å². The summed E-state index contributed by atoms with van der Waals surface area (Å²) >= 11 is 0. The van der Waals surface area contributed by atoms with E-state index in [0.29, 0.717) is 29.2 Å². The molecule has 1 aromatic carbocycles. The van der Waals surface area contributed by atoms with Gasteiger partial charge < -0.3 is 9.52 Å². The Kier molecular flexibility index (Phi) is 4.27. The van der Waals surface area contributed by atoms with Gasteiger partial charge in [0.15, 0.2) is 0 Å². The van der Waals surface area contributed by atoms with Crippen LogP contribution in [0.15, 0.2) is 33.6 Å². The number of hydrogen-bond donors (Lipinski definition) is 2. The molecule has 0 spiro atoms. The molecule has 0 fully saturated rings. The molecule has 0 aliphatic rings. The monoisotopic (exact) mass is 323 g/mol. The van der Waals surface area contributed by atoms with Crippen molar-refractivity contribution < 1.29 is 22.7 Å². The standard InChI is InChI=1S/C15H17NO5S/c1-4-11-8-12(5-6-13(11)15(17)18)16-22(19,20)14-7-9(2)21-10(14)3/h5-8,16H,4H2,1-3H3,(H,17,18). The highest BCUT2D eigenvalue weighted by molar-refractivity contribution is 7.92. The number of rotatable bonds is 5. The highest BCUT2D eigenvalue weighted by atomic mass is 32.2. The maximum atomic E-state index is 12.4. The molecule has 7 heteroatoms. The van der Waals surface area contributed by atoms with E-state index in [9.17, 15) is 13.2 Å². The van der Waals surface area contributed by atoms with Crippen LogP contribution in [0.3, 0.4) is 0 Å². The Morgan fingerprint density at radius 3 is 2.45 bits per heavy atom. The second-order valence-electron chi connectivity index (χ2n) is 4.91. The number of aryl methyl sites for hydroxylation is 3.